The summed E-state index contributed by atoms with van der Waals surface area (Å²) in [5, 5.41) is 0. The fraction of sp³-hybridized carbons (Fsp3) is 0.750. The van der Waals surface area contributed by atoms with Crippen LogP contribution in [0.1, 0.15) is 34.1 Å². The molecule has 1 rings (SSSR count). The van der Waals surface area contributed by atoms with Crippen molar-refractivity contribution in [2.24, 2.45) is 5.41 Å². The molecule has 1 atom stereocenters. The van der Waals surface area contributed by atoms with Crippen LogP contribution < -0.4 is 0 Å². The van der Waals surface area contributed by atoms with E-state index in [1.807, 2.05) is 20.8 Å². The maximum Gasteiger partial charge on any atom is 0.416 e. The van der Waals surface area contributed by atoms with Crippen LogP contribution in [0, 0.1) is 5.41 Å². The summed E-state index contributed by atoms with van der Waals surface area (Å²) < 4.78 is 9.83. The van der Waals surface area contributed by atoms with Crippen LogP contribution in [0.3, 0.4) is 0 Å². The molecule has 1 saturated heterocycles. The molecule has 0 radical (unpaired) electrons. The standard InChI is InChI=1S/C12H19NO5/c1-8(14)18-9(12(2,3)4)7-10(15)13-5-6-17-11(13)16/h9H,5-7H2,1-4H3. The Kier molecular flexibility index (Phi) is 4.32. The van der Waals surface area contributed by atoms with Crippen molar-refractivity contribution in [3.8, 4) is 0 Å². The van der Waals surface area contributed by atoms with Gasteiger partial charge in [0.05, 0.1) is 13.0 Å². The zero-order valence-electron chi connectivity index (χ0n) is 11.2. The summed E-state index contributed by atoms with van der Waals surface area (Å²) in [5.41, 5.74) is -0.370. The number of carbonyl (C=O) groups excluding carboxylic acids is 3. The predicted octanol–water partition coefficient (Wildman–Crippen LogP) is 1.33. The Hall–Kier alpha value is -1.59. The minimum absolute atomic E-state index is 0.0157. The first-order chi connectivity index (χ1) is 8.21. The second-order valence-electron chi connectivity index (χ2n) is 5.33. The van der Waals surface area contributed by atoms with E-state index in [2.05, 4.69) is 0 Å². The quantitative estimate of drug-likeness (QED) is 0.713. The van der Waals surface area contributed by atoms with Crippen molar-refractivity contribution in [2.45, 2.75) is 40.2 Å². The van der Waals surface area contributed by atoms with Crippen molar-refractivity contribution in [1.29, 1.82) is 0 Å². The number of hydrogen-bond donors (Lipinski definition) is 0. The first-order valence-electron chi connectivity index (χ1n) is 5.86. The van der Waals surface area contributed by atoms with Gasteiger partial charge in [-0.1, -0.05) is 20.8 Å². The van der Waals surface area contributed by atoms with E-state index in [0.717, 1.165) is 4.90 Å². The second kappa shape index (κ2) is 5.37. The molecule has 2 amide bonds. The third-order valence-corrected chi connectivity index (χ3v) is 2.70. The molecule has 1 heterocycles. The number of ether oxygens (including phenoxy) is 2. The van der Waals surface area contributed by atoms with Crippen LogP contribution in [0.4, 0.5) is 4.79 Å². The lowest BCUT2D eigenvalue weighted by Crippen LogP contribution is -2.39. The van der Waals surface area contributed by atoms with Gasteiger partial charge in [0.2, 0.25) is 5.91 Å². The van der Waals surface area contributed by atoms with Crippen molar-refractivity contribution < 1.29 is 23.9 Å². The summed E-state index contributed by atoms with van der Waals surface area (Å²) in [4.78, 5) is 35.2. The smallest absolute Gasteiger partial charge is 0.416 e. The van der Waals surface area contributed by atoms with Gasteiger partial charge in [-0.3, -0.25) is 9.59 Å². The number of hydrogen-bond acceptors (Lipinski definition) is 5. The van der Waals surface area contributed by atoms with Gasteiger partial charge in [0, 0.05) is 6.92 Å². The summed E-state index contributed by atoms with van der Waals surface area (Å²) in [6.07, 6.45) is -1.20. The third-order valence-electron chi connectivity index (χ3n) is 2.70. The number of amides is 2. The van der Waals surface area contributed by atoms with Gasteiger partial charge in [0.1, 0.15) is 12.7 Å². The zero-order valence-corrected chi connectivity index (χ0v) is 11.2. The van der Waals surface area contributed by atoms with Crippen LogP contribution in [0.25, 0.3) is 0 Å². The first-order valence-corrected chi connectivity index (χ1v) is 5.86. The van der Waals surface area contributed by atoms with Crippen LogP contribution in [-0.2, 0) is 19.1 Å². The minimum Gasteiger partial charge on any atom is -0.461 e. The number of esters is 1. The molecule has 0 N–H and O–H groups in total. The van der Waals surface area contributed by atoms with Crippen molar-refractivity contribution in [3.63, 3.8) is 0 Å². The van der Waals surface area contributed by atoms with Gasteiger partial charge in [-0.2, -0.15) is 0 Å². The summed E-state index contributed by atoms with van der Waals surface area (Å²) in [6, 6.07) is 0. The van der Waals surface area contributed by atoms with Gasteiger partial charge < -0.3 is 9.47 Å². The van der Waals surface area contributed by atoms with Gasteiger partial charge in [0.25, 0.3) is 0 Å². The molecule has 0 aromatic heterocycles. The van der Waals surface area contributed by atoms with E-state index in [-0.39, 0.29) is 30.9 Å². The molecule has 1 aliphatic heterocycles. The average molecular weight is 257 g/mol. The molecule has 1 fully saturated rings. The molecular formula is C12H19NO5. The fourth-order valence-corrected chi connectivity index (χ4v) is 1.61. The first kappa shape index (κ1) is 14.5. The highest BCUT2D eigenvalue weighted by Gasteiger charge is 2.35. The highest BCUT2D eigenvalue weighted by Crippen LogP contribution is 2.26. The topological polar surface area (TPSA) is 72.9 Å². The summed E-state index contributed by atoms with van der Waals surface area (Å²) in [6.45, 7) is 7.39. The molecule has 1 aliphatic rings. The predicted molar refractivity (Wildman–Crippen MR) is 62.7 cm³/mol. The molecule has 0 aromatic carbocycles. The number of rotatable bonds is 3. The van der Waals surface area contributed by atoms with Crippen LogP contribution >= 0.6 is 0 Å². The normalized spacial score (nSPS) is 17.3. The lowest BCUT2D eigenvalue weighted by atomic mass is 9.86. The van der Waals surface area contributed by atoms with Crippen LogP contribution in [0.15, 0.2) is 0 Å². The van der Waals surface area contributed by atoms with E-state index >= 15 is 0 Å². The monoisotopic (exact) mass is 257 g/mol. The third kappa shape index (κ3) is 3.72. The van der Waals surface area contributed by atoms with Gasteiger partial charge >= 0.3 is 12.1 Å². The van der Waals surface area contributed by atoms with Gasteiger partial charge in [-0.15, -0.1) is 0 Å². The molecule has 18 heavy (non-hydrogen) atoms. The minimum atomic E-state index is -0.629. The van der Waals surface area contributed by atoms with Crippen molar-refractivity contribution in [1.82, 2.24) is 4.90 Å². The zero-order chi connectivity index (χ0) is 13.9. The van der Waals surface area contributed by atoms with Crippen molar-refractivity contribution in [2.75, 3.05) is 13.2 Å². The Bertz CT molecular complexity index is 358. The van der Waals surface area contributed by atoms with Crippen molar-refractivity contribution >= 4 is 18.0 Å². The van der Waals surface area contributed by atoms with Gasteiger partial charge in [-0.05, 0) is 5.41 Å². The lowest BCUT2D eigenvalue weighted by molar-refractivity contribution is -0.154. The van der Waals surface area contributed by atoms with E-state index in [1.54, 1.807) is 0 Å². The Morgan fingerprint density at radius 2 is 2.06 bits per heavy atom. The SMILES string of the molecule is CC(=O)OC(CC(=O)N1CCOC1=O)C(C)(C)C. The average Bonchev–Trinajstić information content (AvgIpc) is 2.61. The van der Waals surface area contributed by atoms with E-state index in [0.29, 0.717) is 0 Å². The number of imide groups is 1. The highest BCUT2D eigenvalue weighted by atomic mass is 16.6. The maximum atomic E-state index is 11.9. The van der Waals surface area contributed by atoms with E-state index in [9.17, 15) is 14.4 Å². The Labute approximate surface area is 106 Å². The molecule has 0 aliphatic carbocycles. The molecule has 6 heteroatoms. The molecule has 1 unspecified atom stereocenters. The van der Waals surface area contributed by atoms with Crippen molar-refractivity contribution in [3.05, 3.63) is 0 Å². The largest absolute Gasteiger partial charge is 0.461 e. The number of nitrogens with zero attached hydrogens (tertiary/aromatic N) is 1. The number of carbonyl (C=O) groups is 3. The Balaban J connectivity index is 2.68. The summed E-state index contributed by atoms with van der Waals surface area (Å²) >= 11 is 0. The number of cyclic esters (lactones) is 1. The van der Waals surface area contributed by atoms with Gasteiger partial charge in [-0.25, -0.2) is 9.69 Å². The lowest BCUT2D eigenvalue weighted by Gasteiger charge is -2.30. The molecule has 0 saturated carbocycles. The molecular weight excluding hydrogens is 238 g/mol. The summed E-state index contributed by atoms with van der Waals surface area (Å²) in [7, 11) is 0. The van der Waals surface area contributed by atoms with E-state index in [4.69, 9.17) is 9.47 Å². The van der Waals surface area contributed by atoms with Crippen LogP contribution in [0.5, 0.6) is 0 Å². The van der Waals surface area contributed by atoms with E-state index in [1.165, 1.54) is 6.92 Å². The highest BCUT2D eigenvalue weighted by molar-refractivity contribution is 5.93. The molecule has 102 valence electrons. The summed E-state index contributed by atoms with van der Waals surface area (Å²) in [5.74, 6) is -0.814. The molecule has 0 aromatic rings. The Morgan fingerprint density at radius 1 is 1.44 bits per heavy atom. The molecule has 0 bridgehead atoms. The molecule has 6 nitrogen and oxygen atoms in total. The van der Waals surface area contributed by atoms with Gasteiger partial charge in [0.15, 0.2) is 0 Å². The molecule has 0 spiro atoms. The Morgan fingerprint density at radius 3 is 2.44 bits per heavy atom. The van der Waals surface area contributed by atoms with Crippen LogP contribution in [0.2, 0.25) is 0 Å². The maximum absolute atomic E-state index is 11.9. The van der Waals surface area contributed by atoms with Crippen LogP contribution in [-0.4, -0.2) is 42.1 Å². The van der Waals surface area contributed by atoms with E-state index < -0.39 is 18.2 Å². The second-order valence-corrected chi connectivity index (χ2v) is 5.33. The fourth-order valence-electron chi connectivity index (χ4n) is 1.61.